The van der Waals surface area contributed by atoms with Gasteiger partial charge in [0.1, 0.15) is 5.60 Å². The zero-order chi connectivity index (χ0) is 13.8. The Morgan fingerprint density at radius 3 is 2.67 bits per heavy atom. The van der Waals surface area contributed by atoms with Crippen molar-refractivity contribution in [1.82, 2.24) is 5.32 Å². The fourth-order valence-corrected chi connectivity index (χ4v) is 2.22. The number of hydrogen-bond donors (Lipinski definition) is 2. The number of hydrogen-bond acceptors (Lipinski definition) is 4. The molecule has 1 rings (SSSR count). The van der Waals surface area contributed by atoms with Crippen LogP contribution in [0.15, 0.2) is 0 Å². The van der Waals surface area contributed by atoms with E-state index in [1.54, 1.807) is 0 Å². The van der Waals surface area contributed by atoms with E-state index in [1.807, 2.05) is 20.8 Å². The average Bonchev–Trinajstić information content (AvgIpc) is 2.64. The van der Waals surface area contributed by atoms with E-state index < -0.39 is 5.60 Å². The van der Waals surface area contributed by atoms with Crippen LogP contribution in [0.5, 0.6) is 0 Å². The van der Waals surface area contributed by atoms with Crippen LogP contribution in [0.1, 0.15) is 40.5 Å². The third kappa shape index (κ3) is 4.14. The van der Waals surface area contributed by atoms with Gasteiger partial charge < -0.3 is 20.5 Å². The Morgan fingerprint density at radius 2 is 2.22 bits per heavy atom. The fourth-order valence-electron chi connectivity index (χ4n) is 2.22. The Labute approximate surface area is 109 Å². The molecule has 1 heterocycles. The first-order valence-corrected chi connectivity index (χ1v) is 6.58. The maximum Gasteiger partial charge on any atom is 0.408 e. The lowest BCUT2D eigenvalue weighted by atomic mass is 9.82. The molecule has 1 amide bonds. The number of amides is 1. The molecule has 5 nitrogen and oxygen atoms in total. The topological polar surface area (TPSA) is 73.6 Å². The van der Waals surface area contributed by atoms with E-state index in [0.29, 0.717) is 19.8 Å². The monoisotopic (exact) mass is 258 g/mol. The lowest BCUT2D eigenvalue weighted by Crippen LogP contribution is -2.55. The Hall–Kier alpha value is -0.810. The highest BCUT2D eigenvalue weighted by molar-refractivity contribution is 5.69. The van der Waals surface area contributed by atoms with Gasteiger partial charge in [0.05, 0.1) is 12.1 Å². The minimum atomic E-state index is -0.484. The van der Waals surface area contributed by atoms with Crippen LogP contribution < -0.4 is 11.1 Å². The van der Waals surface area contributed by atoms with Crippen LogP contribution in [-0.4, -0.2) is 37.0 Å². The molecule has 0 aromatic carbocycles. The van der Waals surface area contributed by atoms with Gasteiger partial charge in [-0.3, -0.25) is 0 Å². The molecule has 2 atom stereocenters. The lowest BCUT2D eigenvalue weighted by Gasteiger charge is -2.35. The van der Waals surface area contributed by atoms with Crippen molar-refractivity contribution in [3.63, 3.8) is 0 Å². The van der Waals surface area contributed by atoms with E-state index in [2.05, 4.69) is 12.2 Å². The second-order valence-electron chi connectivity index (χ2n) is 6.06. The van der Waals surface area contributed by atoms with E-state index >= 15 is 0 Å². The second kappa shape index (κ2) is 5.89. The van der Waals surface area contributed by atoms with Gasteiger partial charge >= 0.3 is 6.09 Å². The van der Waals surface area contributed by atoms with Crippen molar-refractivity contribution in [3.8, 4) is 0 Å². The number of carbonyl (C=O) groups excluding carboxylic acids is 1. The summed E-state index contributed by atoms with van der Waals surface area (Å²) >= 11 is 0. The van der Waals surface area contributed by atoms with Crippen LogP contribution in [0.25, 0.3) is 0 Å². The normalized spacial score (nSPS) is 25.8. The summed E-state index contributed by atoms with van der Waals surface area (Å²) in [5.74, 6) is 0.275. The van der Waals surface area contributed by atoms with Gasteiger partial charge in [0.2, 0.25) is 0 Å². The summed E-state index contributed by atoms with van der Waals surface area (Å²) in [6, 6.07) is 0. The third-order valence-corrected chi connectivity index (χ3v) is 3.35. The molecule has 0 aliphatic carbocycles. The quantitative estimate of drug-likeness (QED) is 0.804. The Balaban J connectivity index is 2.65. The number of nitrogens with one attached hydrogen (secondary N) is 1. The van der Waals surface area contributed by atoms with E-state index in [1.165, 1.54) is 0 Å². The maximum absolute atomic E-state index is 11.9. The van der Waals surface area contributed by atoms with E-state index in [0.717, 1.165) is 12.8 Å². The van der Waals surface area contributed by atoms with Gasteiger partial charge in [0, 0.05) is 6.61 Å². The highest BCUT2D eigenvalue weighted by Gasteiger charge is 2.41. The molecule has 5 heteroatoms. The van der Waals surface area contributed by atoms with Crippen molar-refractivity contribution in [2.24, 2.45) is 11.7 Å². The molecule has 1 aliphatic rings. The number of ether oxygens (including phenoxy) is 2. The number of alkyl carbamates (subject to hydrolysis) is 1. The van der Waals surface area contributed by atoms with Crippen LogP contribution >= 0.6 is 0 Å². The van der Waals surface area contributed by atoms with E-state index in [-0.39, 0.29) is 17.6 Å². The molecular weight excluding hydrogens is 232 g/mol. The summed E-state index contributed by atoms with van der Waals surface area (Å²) in [6.07, 6.45) is 1.30. The minimum absolute atomic E-state index is 0.275. The van der Waals surface area contributed by atoms with Gasteiger partial charge in [-0.2, -0.15) is 0 Å². The zero-order valence-corrected chi connectivity index (χ0v) is 11.9. The minimum Gasteiger partial charge on any atom is -0.444 e. The smallest absolute Gasteiger partial charge is 0.408 e. The first-order valence-electron chi connectivity index (χ1n) is 6.58. The summed E-state index contributed by atoms with van der Waals surface area (Å²) in [6.45, 7) is 9.48. The predicted molar refractivity (Wildman–Crippen MR) is 70.4 cm³/mol. The molecular formula is C13H26N2O3. The summed E-state index contributed by atoms with van der Waals surface area (Å²) in [4.78, 5) is 11.9. The van der Waals surface area contributed by atoms with E-state index in [4.69, 9.17) is 15.2 Å². The Bertz CT molecular complexity index is 280. The fraction of sp³-hybridized carbons (Fsp3) is 0.923. The standard InChI is InChI=1S/C13H26N2O3/c1-10(5-7-14)13(6-8-17-9-13)15-11(16)18-12(2,3)4/h10H,5-9,14H2,1-4H3,(H,15,16). The first kappa shape index (κ1) is 15.2. The molecule has 0 spiro atoms. The molecule has 18 heavy (non-hydrogen) atoms. The maximum atomic E-state index is 11.9. The molecule has 0 saturated carbocycles. The third-order valence-electron chi connectivity index (χ3n) is 3.35. The molecule has 2 unspecified atom stereocenters. The highest BCUT2D eigenvalue weighted by atomic mass is 16.6. The van der Waals surface area contributed by atoms with Gasteiger partial charge in [-0.15, -0.1) is 0 Å². The van der Waals surface area contributed by atoms with Crippen molar-refractivity contribution in [2.75, 3.05) is 19.8 Å². The van der Waals surface area contributed by atoms with Crippen molar-refractivity contribution in [3.05, 3.63) is 0 Å². The van der Waals surface area contributed by atoms with Crippen molar-refractivity contribution in [2.45, 2.75) is 51.7 Å². The molecule has 1 saturated heterocycles. The molecule has 0 aromatic rings. The number of rotatable bonds is 4. The van der Waals surface area contributed by atoms with Gasteiger partial charge in [-0.05, 0) is 46.1 Å². The molecule has 106 valence electrons. The molecule has 1 fully saturated rings. The zero-order valence-electron chi connectivity index (χ0n) is 11.9. The van der Waals surface area contributed by atoms with Gasteiger partial charge in [-0.1, -0.05) is 6.92 Å². The molecule has 0 aromatic heterocycles. The summed E-state index contributed by atoms with van der Waals surface area (Å²) in [5, 5.41) is 2.99. The molecule has 3 N–H and O–H groups in total. The summed E-state index contributed by atoms with van der Waals surface area (Å²) < 4.78 is 10.8. The van der Waals surface area contributed by atoms with Crippen molar-refractivity contribution < 1.29 is 14.3 Å². The molecule has 1 aliphatic heterocycles. The summed E-state index contributed by atoms with van der Waals surface area (Å²) in [7, 11) is 0. The van der Waals surface area contributed by atoms with Gasteiger partial charge in [0.15, 0.2) is 0 Å². The lowest BCUT2D eigenvalue weighted by molar-refractivity contribution is 0.0386. The highest BCUT2D eigenvalue weighted by Crippen LogP contribution is 2.29. The van der Waals surface area contributed by atoms with Crippen LogP contribution in [0.3, 0.4) is 0 Å². The Kier molecular flexibility index (Phi) is 4.99. The summed E-state index contributed by atoms with van der Waals surface area (Å²) in [5.41, 5.74) is 4.79. The molecule has 0 radical (unpaired) electrons. The van der Waals surface area contributed by atoms with E-state index in [9.17, 15) is 4.79 Å². The Morgan fingerprint density at radius 1 is 1.56 bits per heavy atom. The van der Waals surface area contributed by atoms with Gasteiger partial charge in [-0.25, -0.2) is 4.79 Å². The average molecular weight is 258 g/mol. The van der Waals surface area contributed by atoms with Crippen molar-refractivity contribution >= 4 is 6.09 Å². The number of carbonyl (C=O) groups is 1. The van der Waals surface area contributed by atoms with Crippen LogP contribution in [0, 0.1) is 5.92 Å². The SMILES string of the molecule is CC(CCN)C1(NC(=O)OC(C)(C)C)CCOC1. The first-order chi connectivity index (χ1) is 8.29. The number of nitrogens with two attached hydrogens (primary N) is 1. The van der Waals surface area contributed by atoms with Crippen LogP contribution in [0.2, 0.25) is 0 Å². The second-order valence-corrected chi connectivity index (χ2v) is 6.06. The van der Waals surface area contributed by atoms with Gasteiger partial charge in [0.25, 0.3) is 0 Å². The van der Waals surface area contributed by atoms with Crippen molar-refractivity contribution in [1.29, 1.82) is 0 Å². The largest absolute Gasteiger partial charge is 0.444 e. The predicted octanol–water partition coefficient (Wildman–Crippen LogP) is 1.66. The van der Waals surface area contributed by atoms with Crippen LogP contribution in [0.4, 0.5) is 4.79 Å². The van der Waals surface area contributed by atoms with Crippen LogP contribution in [-0.2, 0) is 9.47 Å². The molecule has 0 bridgehead atoms.